The molecule has 0 aromatic carbocycles. The highest BCUT2D eigenvalue weighted by atomic mass is 15.3. The predicted molar refractivity (Wildman–Crippen MR) is 78.6 cm³/mol. The van der Waals surface area contributed by atoms with Gasteiger partial charge in [-0.25, -0.2) is 0 Å². The molecule has 0 aliphatic heterocycles. The Hall–Kier alpha value is -1.84. The van der Waals surface area contributed by atoms with Crippen molar-refractivity contribution < 1.29 is 0 Å². The number of hydrogen-bond acceptors (Lipinski definition) is 3. The Labute approximate surface area is 114 Å². The maximum Gasteiger partial charge on any atom is 0.0835 e. The molecule has 2 aromatic rings. The van der Waals surface area contributed by atoms with Crippen molar-refractivity contribution in [2.75, 3.05) is 11.9 Å². The third-order valence-corrected chi connectivity index (χ3v) is 3.45. The maximum absolute atomic E-state index is 4.55. The van der Waals surface area contributed by atoms with Gasteiger partial charge in [0.2, 0.25) is 0 Å². The molecular weight excluding hydrogens is 236 g/mol. The smallest absolute Gasteiger partial charge is 0.0835 e. The molecule has 0 aliphatic rings. The molecule has 0 saturated carbocycles. The van der Waals surface area contributed by atoms with Gasteiger partial charge in [0.15, 0.2) is 0 Å². The van der Waals surface area contributed by atoms with E-state index in [-0.39, 0.29) is 0 Å². The van der Waals surface area contributed by atoms with Crippen LogP contribution in [0.2, 0.25) is 0 Å². The topological polar surface area (TPSA) is 42.7 Å². The summed E-state index contributed by atoms with van der Waals surface area (Å²) in [5.41, 5.74) is 5.74. The second-order valence-corrected chi connectivity index (χ2v) is 4.92. The van der Waals surface area contributed by atoms with E-state index in [1.165, 1.54) is 11.3 Å². The molecule has 0 saturated heterocycles. The summed E-state index contributed by atoms with van der Waals surface area (Å²) in [5, 5.41) is 7.94. The number of rotatable bonds is 5. The number of anilines is 1. The molecule has 0 atom stereocenters. The highest BCUT2D eigenvalue weighted by Gasteiger charge is 2.08. The second-order valence-electron chi connectivity index (χ2n) is 4.92. The lowest BCUT2D eigenvalue weighted by molar-refractivity contribution is 0.646. The highest BCUT2D eigenvalue weighted by molar-refractivity contribution is 5.43. The average molecular weight is 258 g/mol. The van der Waals surface area contributed by atoms with Crippen molar-refractivity contribution in [3.05, 3.63) is 41.0 Å². The summed E-state index contributed by atoms with van der Waals surface area (Å²) in [6.07, 6.45) is 2.97. The molecule has 4 heteroatoms. The van der Waals surface area contributed by atoms with Gasteiger partial charge in [-0.05, 0) is 44.9 Å². The Morgan fingerprint density at radius 2 is 2.05 bits per heavy atom. The monoisotopic (exact) mass is 258 g/mol. The zero-order valence-electron chi connectivity index (χ0n) is 12.2. The molecule has 2 heterocycles. The van der Waals surface area contributed by atoms with Crippen LogP contribution in [0.25, 0.3) is 0 Å². The Kier molecular flexibility index (Phi) is 4.20. The van der Waals surface area contributed by atoms with Crippen LogP contribution in [0.15, 0.2) is 18.3 Å². The van der Waals surface area contributed by atoms with Gasteiger partial charge >= 0.3 is 0 Å². The molecule has 19 heavy (non-hydrogen) atoms. The largest absolute Gasteiger partial charge is 0.385 e. The van der Waals surface area contributed by atoms with E-state index in [2.05, 4.69) is 42.2 Å². The lowest BCUT2D eigenvalue weighted by atomic mass is 10.2. The normalized spacial score (nSPS) is 10.7. The van der Waals surface area contributed by atoms with Crippen LogP contribution in [0.3, 0.4) is 0 Å². The molecule has 0 unspecified atom stereocenters. The first-order chi connectivity index (χ1) is 9.11. The zero-order valence-corrected chi connectivity index (χ0v) is 12.2. The fraction of sp³-hybridized carbons (Fsp3) is 0.467. The van der Waals surface area contributed by atoms with Crippen molar-refractivity contribution in [1.29, 1.82) is 0 Å². The molecule has 102 valence electrons. The zero-order chi connectivity index (χ0) is 13.8. The van der Waals surface area contributed by atoms with E-state index in [1.54, 1.807) is 0 Å². The summed E-state index contributed by atoms with van der Waals surface area (Å²) in [7, 11) is 0. The van der Waals surface area contributed by atoms with Crippen LogP contribution < -0.4 is 5.32 Å². The van der Waals surface area contributed by atoms with Gasteiger partial charge in [-0.2, -0.15) is 5.10 Å². The third kappa shape index (κ3) is 3.13. The van der Waals surface area contributed by atoms with Gasteiger partial charge in [-0.1, -0.05) is 6.92 Å². The molecule has 0 spiro atoms. The fourth-order valence-corrected chi connectivity index (χ4v) is 2.04. The Bertz CT molecular complexity index is 557. The summed E-state index contributed by atoms with van der Waals surface area (Å²) in [4.78, 5) is 4.42. The fourth-order valence-electron chi connectivity index (χ4n) is 2.04. The molecule has 2 rings (SSSR count). The first kappa shape index (κ1) is 13.6. The molecule has 1 N–H and O–H groups in total. The van der Waals surface area contributed by atoms with Crippen LogP contribution in [-0.4, -0.2) is 21.3 Å². The first-order valence-corrected chi connectivity index (χ1v) is 6.81. The van der Waals surface area contributed by atoms with Crippen molar-refractivity contribution in [3.63, 3.8) is 0 Å². The number of hydrogen-bond donors (Lipinski definition) is 1. The molecule has 2 aromatic heterocycles. The van der Waals surface area contributed by atoms with Gasteiger partial charge in [-0.15, -0.1) is 0 Å². The minimum absolute atomic E-state index is 0.724. The van der Waals surface area contributed by atoms with E-state index >= 15 is 0 Å². The van der Waals surface area contributed by atoms with E-state index in [4.69, 9.17) is 0 Å². The van der Waals surface area contributed by atoms with E-state index < -0.39 is 0 Å². The van der Waals surface area contributed by atoms with Gasteiger partial charge in [-0.3, -0.25) is 9.67 Å². The van der Waals surface area contributed by atoms with Crippen molar-refractivity contribution >= 4 is 5.69 Å². The molecular formula is C15H22N4. The quantitative estimate of drug-likeness (QED) is 0.896. The average Bonchev–Trinajstić information content (AvgIpc) is 2.64. The molecule has 0 aliphatic carbocycles. The number of aryl methyl sites for hydroxylation is 1. The molecule has 0 fully saturated rings. The van der Waals surface area contributed by atoms with Crippen molar-refractivity contribution in [2.45, 2.75) is 40.7 Å². The SMILES string of the molecule is CCCNc1ccnc(Cn2nc(C)c(C)c2C)c1. The standard InChI is InChI=1S/C15H22N4/c1-5-7-16-14-6-8-17-15(9-14)10-19-13(4)11(2)12(3)18-19/h6,8-9H,5,7,10H2,1-4H3,(H,16,17). The number of pyridine rings is 1. The lowest BCUT2D eigenvalue weighted by Gasteiger charge is -2.08. The summed E-state index contributed by atoms with van der Waals surface area (Å²) in [6, 6.07) is 4.10. The predicted octanol–water partition coefficient (Wildman–Crippen LogP) is 3.07. The van der Waals surface area contributed by atoms with Gasteiger partial charge in [0.25, 0.3) is 0 Å². The van der Waals surface area contributed by atoms with Crippen molar-refractivity contribution in [1.82, 2.24) is 14.8 Å². The molecule has 0 radical (unpaired) electrons. The Morgan fingerprint density at radius 3 is 2.68 bits per heavy atom. The molecule has 0 amide bonds. The van der Waals surface area contributed by atoms with Crippen LogP contribution in [0.4, 0.5) is 5.69 Å². The van der Waals surface area contributed by atoms with E-state index in [0.717, 1.165) is 36.6 Å². The maximum atomic E-state index is 4.55. The minimum Gasteiger partial charge on any atom is -0.385 e. The van der Waals surface area contributed by atoms with Crippen molar-refractivity contribution in [3.8, 4) is 0 Å². The van der Waals surface area contributed by atoms with Gasteiger partial charge in [0.1, 0.15) is 0 Å². The van der Waals surface area contributed by atoms with Crippen LogP contribution in [0.1, 0.15) is 36.0 Å². The number of aromatic nitrogens is 3. The third-order valence-electron chi connectivity index (χ3n) is 3.45. The second kappa shape index (κ2) is 5.87. The van der Waals surface area contributed by atoms with Crippen molar-refractivity contribution in [2.24, 2.45) is 0 Å². The molecule has 0 bridgehead atoms. The highest BCUT2D eigenvalue weighted by Crippen LogP contribution is 2.14. The minimum atomic E-state index is 0.724. The van der Waals surface area contributed by atoms with Gasteiger partial charge in [0.05, 0.1) is 17.9 Å². The molecule has 4 nitrogen and oxygen atoms in total. The summed E-state index contributed by atoms with van der Waals surface area (Å²) in [6.45, 7) is 10.1. The van der Waals surface area contributed by atoms with Crippen LogP contribution in [0.5, 0.6) is 0 Å². The van der Waals surface area contributed by atoms with E-state index in [1.807, 2.05) is 23.9 Å². The first-order valence-electron chi connectivity index (χ1n) is 6.81. The Balaban J connectivity index is 2.16. The summed E-state index contributed by atoms with van der Waals surface area (Å²) in [5.74, 6) is 0. The Morgan fingerprint density at radius 1 is 1.26 bits per heavy atom. The van der Waals surface area contributed by atoms with Crippen LogP contribution in [0, 0.1) is 20.8 Å². The van der Waals surface area contributed by atoms with Gasteiger partial charge < -0.3 is 5.32 Å². The van der Waals surface area contributed by atoms with E-state index in [9.17, 15) is 0 Å². The number of nitrogens with one attached hydrogen (secondary N) is 1. The summed E-state index contributed by atoms with van der Waals surface area (Å²) < 4.78 is 2.02. The lowest BCUT2D eigenvalue weighted by Crippen LogP contribution is -2.07. The number of nitrogens with zero attached hydrogens (tertiary/aromatic N) is 3. The van der Waals surface area contributed by atoms with Gasteiger partial charge in [0, 0.05) is 24.1 Å². The summed E-state index contributed by atoms with van der Waals surface area (Å²) >= 11 is 0. The van der Waals surface area contributed by atoms with E-state index in [0.29, 0.717) is 0 Å². The van der Waals surface area contributed by atoms with Crippen LogP contribution >= 0.6 is 0 Å². The van der Waals surface area contributed by atoms with Crippen LogP contribution in [-0.2, 0) is 6.54 Å².